The summed E-state index contributed by atoms with van der Waals surface area (Å²) < 4.78 is 26.6. The molecule has 0 spiro atoms. The Hall–Kier alpha value is -6.27. The SMILES string of the molecule is c1ccc2c(c1)Oc1c(c3c(c4oc5ccccc5c14)B(c1cccc4c1sc1ccccc14)c1ccccc1O3)B2c1cccc2c1sc1ccccc12. The smallest absolute Gasteiger partial charge is 0.257 e. The normalized spacial score (nSPS) is 13.3. The highest BCUT2D eigenvalue weighted by atomic mass is 32.1. The van der Waals surface area contributed by atoms with Crippen LogP contribution in [-0.2, 0) is 0 Å². The van der Waals surface area contributed by atoms with Gasteiger partial charge in [0.1, 0.15) is 34.2 Å². The van der Waals surface area contributed by atoms with Crippen LogP contribution in [0, 0.1) is 0 Å². The summed E-state index contributed by atoms with van der Waals surface area (Å²) in [5.74, 6) is 3.33. The molecule has 2 aliphatic rings. The maximum Gasteiger partial charge on any atom is 0.257 e. The minimum atomic E-state index is -0.172. The maximum absolute atomic E-state index is 7.31. The largest absolute Gasteiger partial charge is 0.459 e. The fraction of sp³-hybridized carbons (Fsp3) is 0. The average Bonchev–Trinajstić information content (AvgIpc) is 3.94. The second-order valence-corrected chi connectivity index (χ2v) is 16.7. The summed E-state index contributed by atoms with van der Waals surface area (Å²) in [6, 6.07) is 56.5. The van der Waals surface area contributed by atoms with Crippen LogP contribution >= 0.6 is 22.7 Å². The van der Waals surface area contributed by atoms with E-state index in [1.807, 2.05) is 28.7 Å². The fourth-order valence-electron chi connectivity index (χ4n) is 9.48. The van der Waals surface area contributed by atoms with Gasteiger partial charge in [-0.2, -0.15) is 0 Å². The van der Waals surface area contributed by atoms with Crippen molar-refractivity contribution in [3.63, 3.8) is 0 Å². The quantitative estimate of drug-likeness (QED) is 0.166. The van der Waals surface area contributed by atoms with Gasteiger partial charge in [-0.3, -0.25) is 0 Å². The van der Waals surface area contributed by atoms with E-state index in [1.165, 1.54) is 51.3 Å². The molecule has 5 heterocycles. The third kappa shape index (κ3) is 4.06. The van der Waals surface area contributed by atoms with Crippen LogP contribution < -0.4 is 42.3 Å². The van der Waals surface area contributed by atoms with Crippen molar-refractivity contribution in [1.29, 1.82) is 0 Å². The van der Waals surface area contributed by atoms with E-state index in [0.717, 1.165) is 66.8 Å². The average molecular weight is 736 g/mol. The van der Waals surface area contributed by atoms with Gasteiger partial charge in [0.25, 0.3) is 13.4 Å². The van der Waals surface area contributed by atoms with Gasteiger partial charge in [-0.25, -0.2) is 0 Å². The van der Waals surface area contributed by atoms with Crippen molar-refractivity contribution >= 4 is 131 Å². The molecule has 7 heteroatoms. The molecule has 0 fully saturated rings. The number of thiophene rings is 2. The number of fused-ring (bicyclic) bond motifs is 16. The number of furan rings is 1. The lowest BCUT2D eigenvalue weighted by atomic mass is 9.31. The van der Waals surface area contributed by atoms with Crippen molar-refractivity contribution in [3.05, 3.63) is 158 Å². The molecule has 254 valence electrons. The molecule has 55 heavy (non-hydrogen) atoms. The Kier molecular flexibility index (Phi) is 6.10. The van der Waals surface area contributed by atoms with Crippen molar-refractivity contribution in [3.8, 4) is 23.0 Å². The molecule has 3 nitrogen and oxygen atoms in total. The van der Waals surface area contributed by atoms with Gasteiger partial charge in [-0.15, -0.1) is 22.7 Å². The molecule has 0 amide bonds. The zero-order valence-electron chi connectivity index (χ0n) is 29.2. The molecule has 0 bridgehead atoms. The van der Waals surface area contributed by atoms with Crippen molar-refractivity contribution in [2.24, 2.45) is 0 Å². The van der Waals surface area contributed by atoms with Crippen LogP contribution in [0.15, 0.2) is 162 Å². The number of hydrogen-bond donors (Lipinski definition) is 0. The molecule has 13 rings (SSSR count). The standard InChI is InChI=1S/C48H26B2O3S2/c1-6-22-36-31(15-1)41-44(51-36)42-46(53-38-24-8-5-19-33(38)50(42)35-21-12-17-30-28-14-3-10-26-40(28)55-48(30)35)43-45(41)52-37-23-7-4-18-32(37)49(43)34-20-11-16-29-27-13-2-9-25-39(27)54-47(29)34/h1-26H. The number of hydrogen-bond acceptors (Lipinski definition) is 5. The molecule has 0 saturated heterocycles. The highest BCUT2D eigenvalue weighted by molar-refractivity contribution is 7.28. The first-order chi connectivity index (χ1) is 27.3. The fourth-order valence-corrected chi connectivity index (χ4v) is 12.0. The van der Waals surface area contributed by atoms with Gasteiger partial charge in [-0.1, -0.05) is 138 Å². The first-order valence-corrected chi connectivity index (χ1v) is 20.3. The van der Waals surface area contributed by atoms with Crippen molar-refractivity contribution in [1.82, 2.24) is 0 Å². The van der Waals surface area contributed by atoms with Gasteiger partial charge >= 0.3 is 0 Å². The van der Waals surface area contributed by atoms with E-state index < -0.39 is 0 Å². The molecule has 0 aliphatic carbocycles. The highest BCUT2D eigenvalue weighted by Crippen LogP contribution is 2.44. The Bertz CT molecular complexity index is 3430. The van der Waals surface area contributed by atoms with E-state index >= 15 is 0 Å². The van der Waals surface area contributed by atoms with Crippen LogP contribution in [0.3, 0.4) is 0 Å². The topological polar surface area (TPSA) is 31.6 Å². The molecule has 0 unspecified atom stereocenters. The van der Waals surface area contributed by atoms with Crippen molar-refractivity contribution in [2.75, 3.05) is 0 Å². The van der Waals surface area contributed by atoms with Gasteiger partial charge in [0.05, 0.1) is 5.39 Å². The minimum Gasteiger partial charge on any atom is -0.459 e. The van der Waals surface area contributed by atoms with E-state index in [1.54, 1.807) is 0 Å². The lowest BCUT2D eigenvalue weighted by Crippen LogP contribution is -2.60. The summed E-state index contributed by atoms with van der Waals surface area (Å²) in [4.78, 5) is 0. The molecule has 0 saturated carbocycles. The zero-order chi connectivity index (χ0) is 35.8. The van der Waals surface area contributed by atoms with Gasteiger partial charge < -0.3 is 13.9 Å². The van der Waals surface area contributed by atoms with E-state index in [4.69, 9.17) is 13.9 Å². The molecule has 0 radical (unpaired) electrons. The lowest BCUT2D eigenvalue weighted by Gasteiger charge is -2.34. The summed E-state index contributed by atoms with van der Waals surface area (Å²) in [5, 5.41) is 7.13. The van der Waals surface area contributed by atoms with E-state index in [0.29, 0.717) is 0 Å². The van der Waals surface area contributed by atoms with E-state index in [-0.39, 0.29) is 13.4 Å². The van der Waals surface area contributed by atoms with Gasteiger partial charge in [0.15, 0.2) is 0 Å². The van der Waals surface area contributed by atoms with Gasteiger partial charge in [0.2, 0.25) is 0 Å². The maximum atomic E-state index is 7.31. The molecule has 11 aromatic rings. The Morgan fingerprint density at radius 2 is 0.855 bits per heavy atom. The molecule has 8 aromatic carbocycles. The Labute approximate surface area is 324 Å². The van der Waals surface area contributed by atoms with Gasteiger partial charge in [0, 0.05) is 45.9 Å². The minimum absolute atomic E-state index is 0.164. The van der Waals surface area contributed by atoms with Crippen LogP contribution in [0.4, 0.5) is 0 Å². The zero-order valence-corrected chi connectivity index (χ0v) is 30.8. The summed E-state index contributed by atoms with van der Waals surface area (Å²) in [6.45, 7) is -0.336. The van der Waals surface area contributed by atoms with Crippen LogP contribution in [0.25, 0.3) is 62.3 Å². The number of rotatable bonds is 2. The number of benzene rings is 8. The third-order valence-electron chi connectivity index (χ3n) is 11.8. The van der Waals surface area contributed by atoms with Crippen LogP contribution in [-0.4, -0.2) is 13.4 Å². The summed E-state index contributed by atoms with van der Waals surface area (Å²) in [6.07, 6.45) is 0. The third-order valence-corrected chi connectivity index (χ3v) is 14.2. The molecular weight excluding hydrogens is 710 g/mol. The van der Waals surface area contributed by atoms with Crippen LogP contribution in [0.1, 0.15) is 0 Å². The van der Waals surface area contributed by atoms with Gasteiger partial charge in [-0.05, 0) is 52.0 Å². The molecular formula is C48H26B2O3S2. The lowest BCUT2D eigenvalue weighted by molar-refractivity contribution is 0.472. The second-order valence-electron chi connectivity index (χ2n) is 14.6. The summed E-state index contributed by atoms with van der Waals surface area (Å²) in [5.41, 5.74) is 8.48. The monoisotopic (exact) mass is 736 g/mol. The van der Waals surface area contributed by atoms with E-state index in [2.05, 4.69) is 152 Å². The van der Waals surface area contributed by atoms with Crippen molar-refractivity contribution < 1.29 is 13.9 Å². The molecule has 0 atom stereocenters. The molecule has 0 N–H and O–H groups in total. The van der Waals surface area contributed by atoms with Crippen LogP contribution in [0.2, 0.25) is 0 Å². The Morgan fingerprint density at radius 1 is 0.382 bits per heavy atom. The second kappa shape index (κ2) is 11.1. The molecule has 2 aliphatic heterocycles. The summed E-state index contributed by atoms with van der Waals surface area (Å²) >= 11 is 3.73. The first kappa shape index (κ1) is 30.1. The number of ether oxygens (including phenoxy) is 2. The van der Waals surface area contributed by atoms with Crippen LogP contribution in [0.5, 0.6) is 23.0 Å². The number of para-hydroxylation sites is 3. The predicted octanol–water partition coefficient (Wildman–Crippen LogP) is 9.57. The Balaban J connectivity index is 1.21. The van der Waals surface area contributed by atoms with Crippen molar-refractivity contribution in [2.45, 2.75) is 0 Å². The molecule has 3 aromatic heterocycles. The predicted molar refractivity (Wildman–Crippen MR) is 235 cm³/mol. The Morgan fingerprint density at radius 3 is 1.49 bits per heavy atom. The highest BCUT2D eigenvalue weighted by Gasteiger charge is 2.45. The summed E-state index contributed by atoms with van der Waals surface area (Å²) in [7, 11) is 0. The first-order valence-electron chi connectivity index (χ1n) is 18.6. The van der Waals surface area contributed by atoms with E-state index in [9.17, 15) is 0 Å².